The third kappa shape index (κ3) is 6.23. The van der Waals surface area contributed by atoms with Gasteiger partial charge in [-0.1, -0.05) is 170 Å². The first-order valence-corrected chi connectivity index (χ1v) is 16.4. The zero-order valence-corrected chi connectivity index (χ0v) is 26.5. The summed E-state index contributed by atoms with van der Waals surface area (Å²) in [7, 11) is 0. The molecular weight excluding hydrogens is 579 g/mol. The largest absolute Gasteiger partial charge is 0.248 e. The molecular formula is C47H33N. The molecule has 1 heterocycles. The van der Waals surface area contributed by atoms with Crippen LogP contribution >= 0.6 is 0 Å². The summed E-state index contributed by atoms with van der Waals surface area (Å²) in [6.45, 7) is 0. The molecule has 0 aliphatic rings. The van der Waals surface area contributed by atoms with E-state index in [0.29, 0.717) is 0 Å². The van der Waals surface area contributed by atoms with Crippen LogP contribution in [0.4, 0.5) is 0 Å². The second-order valence-corrected chi connectivity index (χ2v) is 12.0. The number of aromatic nitrogens is 1. The van der Waals surface area contributed by atoms with E-state index in [9.17, 15) is 0 Å². The highest BCUT2D eigenvalue weighted by atomic mass is 14.7. The average molecular weight is 612 g/mol. The van der Waals surface area contributed by atoms with Crippen molar-refractivity contribution in [2.75, 3.05) is 0 Å². The minimum atomic E-state index is 0.967. The second-order valence-electron chi connectivity index (χ2n) is 12.0. The molecule has 0 unspecified atom stereocenters. The number of benzene rings is 7. The predicted molar refractivity (Wildman–Crippen MR) is 202 cm³/mol. The van der Waals surface area contributed by atoms with Crippen LogP contribution in [0.25, 0.3) is 78.1 Å². The van der Waals surface area contributed by atoms with E-state index in [-0.39, 0.29) is 0 Å². The van der Waals surface area contributed by atoms with E-state index >= 15 is 0 Å². The van der Waals surface area contributed by atoms with Crippen LogP contribution in [-0.4, -0.2) is 4.98 Å². The van der Waals surface area contributed by atoms with Gasteiger partial charge in [-0.25, -0.2) is 4.98 Å². The molecule has 0 radical (unpaired) electrons. The lowest BCUT2D eigenvalue weighted by Crippen LogP contribution is -1.91. The van der Waals surface area contributed by atoms with Crippen molar-refractivity contribution in [1.82, 2.24) is 4.98 Å². The van der Waals surface area contributed by atoms with Crippen molar-refractivity contribution >= 4 is 0 Å². The standard InChI is InChI=1S/C47H33N/c1-5-13-34(14-6-1)36-21-23-37(24-22-36)43-29-42(35-15-7-2-8-16-35)30-44(31-43)38-25-27-39(28-26-38)45-32-46(40-17-9-3-10-18-40)48-47(33-45)41-19-11-4-12-20-41/h1-33H. The predicted octanol–water partition coefficient (Wildman–Crippen LogP) is 12.8. The Bertz CT molecular complexity index is 2220. The van der Waals surface area contributed by atoms with Crippen molar-refractivity contribution < 1.29 is 0 Å². The van der Waals surface area contributed by atoms with E-state index in [1.165, 1.54) is 44.5 Å². The van der Waals surface area contributed by atoms with Gasteiger partial charge in [-0.15, -0.1) is 0 Å². The van der Waals surface area contributed by atoms with Gasteiger partial charge in [0.25, 0.3) is 0 Å². The van der Waals surface area contributed by atoms with E-state index in [1.54, 1.807) is 0 Å². The van der Waals surface area contributed by atoms with Gasteiger partial charge in [0, 0.05) is 11.1 Å². The van der Waals surface area contributed by atoms with Gasteiger partial charge in [-0.2, -0.15) is 0 Å². The molecule has 226 valence electrons. The highest BCUT2D eigenvalue weighted by Gasteiger charge is 2.11. The summed E-state index contributed by atoms with van der Waals surface area (Å²) in [4.78, 5) is 5.06. The van der Waals surface area contributed by atoms with Crippen LogP contribution in [0.2, 0.25) is 0 Å². The molecule has 1 nitrogen and oxygen atoms in total. The van der Waals surface area contributed by atoms with E-state index in [4.69, 9.17) is 4.98 Å². The molecule has 0 saturated heterocycles. The summed E-state index contributed by atoms with van der Waals surface area (Å²) in [5, 5.41) is 0. The van der Waals surface area contributed by atoms with E-state index in [0.717, 1.165) is 33.6 Å². The zero-order valence-electron chi connectivity index (χ0n) is 26.5. The fourth-order valence-corrected chi connectivity index (χ4v) is 6.31. The van der Waals surface area contributed by atoms with Gasteiger partial charge >= 0.3 is 0 Å². The molecule has 7 aromatic carbocycles. The Labute approximate surface area is 282 Å². The van der Waals surface area contributed by atoms with Crippen LogP contribution in [0.3, 0.4) is 0 Å². The van der Waals surface area contributed by atoms with Crippen LogP contribution in [-0.2, 0) is 0 Å². The summed E-state index contributed by atoms with van der Waals surface area (Å²) >= 11 is 0. The Morgan fingerprint density at radius 3 is 0.750 bits per heavy atom. The first kappa shape index (κ1) is 29.1. The molecule has 8 rings (SSSR count). The van der Waals surface area contributed by atoms with Gasteiger partial charge in [-0.05, 0) is 86.0 Å². The molecule has 0 aliphatic carbocycles. The average Bonchev–Trinajstić information content (AvgIpc) is 3.19. The van der Waals surface area contributed by atoms with Crippen molar-refractivity contribution in [2.24, 2.45) is 0 Å². The van der Waals surface area contributed by atoms with Crippen molar-refractivity contribution in [3.63, 3.8) is 0 Å². The number of nitrogens with zero attached hydrogens (tertiary/aromatic N) is 1. The molecule has 0 bridgehead atoms. The number of hydrogen-bond acceptors (Lipinski definition) is 1. The second kappa shape index (κ2) is 13.2. The Kier molecular flexibility index (Phi) is 8.01. The molecule has 0 N–H and O–H groups in total. The van der Waals surface area contributed by atoms with Gasteiger partial charge in [0.05, 0.1) is 11.4 Å². The summed E-state index contributed by atoms with van der Waals surface area (Å²) in [5.41, 5.74) is 16.1. The summed E-state index contributed by atoms with van der Waals surface area (Å²) in [6.07, 6.45) is 0. The number of pyridine rings is 1. The smallest absolute Gasteiger partial charge is 0.0715 e. The lowest BCUT2D eigenvalue weighted by Gasteiger charge is -2.13. The van der Waals surface area contributed by atoms with Gasteiger partial charge < -0.3 is 0 Å². The maximum Gasteiger partial charge on any atom is 0.0715 e. The SMILES string of the molecule is c1ccc(-c2ccc(-c3cc(-c4ccccc4)cc(-c4ccc(-c5cc(-c6ccccc6)nc(-c6ccccc6)c5)cc4)c3)cc2)cc1. The summed E-state index contributed by atoms with van der Waals surface area (Å²) in [6, 6.07) is 71.2. The monoisotopic (exact) mass is 611 g/mol. The highest BCUT2D eigenvalue weighted by molar-refractivity contribution is 5.83. The van der Waals surface area contributed by atoms with Crippen molar-refractivity contribution in [3.8, 4) is 78.1 Å². The van der Waals surface area contributed by atoms with Crippen LogP contribution in [0, 0.1) is 0 Å². The number of hydrogen-bond donors (Lipinski definition) is 0. The molecule has 0 saturated carbocycles. The molecule has 8 aromatic rings. The quantitative estimate of drug-likeness (QED) is 0.175. The van der Waals surface area contributed by atoms with Gasteiger partial charge in [-0.3, -0.25) is 0 Å². The molecule has 1 aromatic heterocycles. The Morgan fingerprint density at radius 1 is 0.188 bits per heavy atom. The first-order valence-electron chi connectivity index (χ1n) is 16.4. The summed E-state index contributed by atoms with van der Waals surface area (Å²) < 4.78 is 0. The summed E-state index contributed by atoms with van der Waals surface area (Å²) in [5.74, 6) is 0. The van der Waals surface area contributed by atoms with Gasteiger partial charge in [0.1, 0.15) is 0 Å². The highest BCUT2D eigenvalue weighted by Crippen LogP contribution is 2.36. The topological polar surface area (TPSA) is 12.9 Å². The lowest BCUT2D eigenvalue weighted by molar-refractivity contribution is 1.32. The van der Waals surface area contributed by atoms with Crippen LogP contribution in [0.1, 0.15) is 0 Å². The fraction of sp³-hybridized carbons (Fsp3) is 0. The normalized spacial score (nSPS) is 10.9. The zero-order chi connectivity index (χ0) is 32.1. The van der Waals surface area contributed by atoms with E-state index in [2.05, 4.69) is 188 Å². The third-order valence-corrected chi connectivity index (χ3v) is 8.88. The van der Waals surface area contributed by atoms with Gasteiger partial charge in [0.15, 0.2) is 0 Å². The molecule has 0 spiro atoms. The molecule has 0 fully saturated rings. The van der Waals surface area contributed by atoms with Gasteiger partial charge in [0.2, 0.25) is 0 Å². The van der Waals surface area contributed by atoms with E-state index in [1.807, 2.05) is 12.1 Å². The lowest BCUT2D eigenvalue weighted by atomic mass is 9.92. The Balaban J connectivity index is 1.18. The fourth-order valence-electron chi connectivity index (χ4n) is 6.31. The maximum absolute atomic E-state index is 5.06. The van der Waals surface area contributed by atoms with Crippen molar-refractivity contribution in [2.45, 2.75) is 0 Å². The van der Waals surface area contributed by atoms with Crippen LogP contribution < -0.4 is 0 Å². The third-order valence-electron chi connectivity index (χ3n) is 8.88. The molecule has 48 heavy (non-hydrogen) atoms. The minimum Gasteiger partial charge on any atom is -0.248 e. The molecule has 0 aliphatic heterocycles. The Morgan fingerprint density at radius 2 is 0.417 bits per heavy atom. The van der Waals surface area contributed by atoms with Crippen molar-refractivity contribution in [1.29, 1.82) is 0 Å². The molecule has 0 amide bonds. The number of rotatable bonds is 7. The molecule has 1 heteroatoms. The Hall–Kier alpha value is -6.31. The van der Waals surface area contributed by atoms with Crippen molar-refractivity contribution in [3.05, 3.63) is 200 Å². The first-order chi connectivity index (χ1) is 23.8. The van der Waals surface area contributed by atoms with Crippen LogP contribution in [0.15, 0.2) is 200 Å². The van der Waals surface area contributed by atoms with Crippen LogP contribution in [0.5, 0.6) is 0 Å². The minimum absolute atomic E-state index is 0.967. The molecule has 0 atom stereocenters. The maximum atomic E-state index is 5.06. The van der Waals surface area contributed by atoms with E-state index < -0.39 is 0 Å².